The number of rotatable bonds is 5. The Morgan fingerprint density at radius 3 is 2.14 bits per heavy atom. The molecule has 0 aliphatic carbocycles. The summed E-state index contributed by atoms with van der Waals surface area (Å²) in [6, 6.07) is 7.93. The SMILES string of the molecule is O=C(COC(=O)C1CCN(C(=O)c2ccc(F)cc2)CC1)c1ccc(F)c(F)c1. The second-order valence-electron chi connectivity index (χ2n) is 6.73. The van der Waals surface area contributed by atoms with Crippen LogP contribution in [0.2, 0.25) is 0 Å². The van der Waals surface area contributed by atoms with Crippen LogP contribution in [0.4, 0.5) is 13.2 Å². The molecule has 0 radical (unpaired) electrons. The maximum absolute atomic E-state index is 13.2. The summed E-state index contributed by atoms with van der Waals surface area (Å²) in [4.78, 5) is 38.1. The number of esters is 1. The number of halogens is 3. The molecular weight excluding hydrogens is 387 g/mol. The topological polar surface area (TPSA) is 63.7 Å². The molecule has 8 heteroatoms. The van der Waals surface area contributed by atoms with Crippen LogP contribution in [0.5, 0.6) is 0 Å². The maximum Gasteiger partial charge on any atom is 0.309 e. The number of hydrogen-bond donors (Lipinski definition) is 0. The van der Waals surface area contributed by atoms with Gasteiger partial charge in [0.25, 0.3) is 5.91 Å². The number of likely N-dealkylation sites (tertiary alicyclic amines) is 1. The molecule has 3 rings (SSSR count). The monoisotopic (exact) mass is 405 g/mol. The zero-order valence-electron chi connectivity index (χ0n) is 15.4. The summed E-state index contributed by atoms with van der Waals surface area (Å²) < 4.78 is 44.1. The van der Waals surface area contributed by atoms with Crippen molar-refractivity contribution in [1.82, 2.24) is 4.90 Å². The molecule has 0 N–H and O–H groups in total. The third kappa shape index (κ3) is 5.01. The van der Waals surface area contributed by atoms with Gasteiger partial charge in [-0.05, 0) is 55.3 Å². The van der Waals surface area contributed by atoms with Gasteiger partial charge in [0.1, 0.15) is 5.82 Å². The summed E-state index contributed by atoms with van der Waals surface area (Å²) in [7, 11) is 0. The smallest absolute Gasteiger partial charge is 0.309 e. The van der Waals surface area contributed by atoms with Crippen LogP contribution in [0.3, 0.4) is 0 Å². The van der Waals surface area contributed by atoms with Gasteiger partial charge in [-0.2, -0.15) is 0 Å². The average Bonchev–Trinajstić information content (AvgIpc) is 2.74. The Bertz CT molecular complexity index is 922. The predicted octanol–water partition coefficient (Wildman–Crippen LogP) is 3.38. The van der Waals surface area contributed by atoms with Crippen LogP contribution < -0.4 is 0 Å². The first kappa shape index (κ1) is 20.6. The summed E-state index contributed by atoms with van der Waals surface area (Å²) in [5.74, 6) is -4.58. The summed E-state index contributed by atoms with van der Waals surface area (Å²) >= 11 is 0. The van der Waals surface area contributed by atoms with Crippen molar-refractivity contribution < 1.29 is 32.3 Å². The van der Waals surface area contributed by atoms with Crippen LogP contribution in [0, 0.1) is 23.4 Å². The number of Topliss-reactive ketones (excluding diaryl/α,β-unsaturated/α-hetero) is 1. The van der Waals surface area contributed by atoms with Crippen molar-refractivity contribution in [3.63, 3.8) is 0 Å². The number of piperidine rings is 1. The van der Waals surface area contributed by atoms with Crippen LogP contribution in [0.1, 0.15) is 33.6 Å². The van der Waals surface area contributed by atoms with E-state index in [9.17, 15) is 27.6 Å². The Morgan fingerprint density at radius 1 is 0.897 bits per heavy atom. The lowest BCUT2D eigenvalue weighted by Gasteiger charge is -2.31. The molecule has 2 aromatic carbocycles. The maximum atomic E-state index is 13.2. The van der Waals surface area contributed by atoms with Crippen LogP contribution >= 0.6 is 0 Å². The van der Waals surface area contributed by atoms with Crippen LogP contribution in [-0.4, -0.2) is 42.3 Å². The number of carbonyl (C=O) groups excluding carboxylic acids is 3. The molecule has 2 aromatic rings. The fourth-order valence-electron chi connectivity index (χ4n) is 3.10. The van der Waals surface area contributed by atoms with Crippen LogP contribution in [-0.2, 0) is 9.53 Å². The summed E-state index contributed by atoms with van der Waals surface area (Å²) in [6.07, 6.45) is 0.732. The quantitative estimate of drug-likeness (QED) is 0.565. The van der Waals surface area contributed by atoms with E-state index in [4.69, 9.17) is 4.74 Å². The fraction of sp³-hybridized carbons (Fsp3) is 0.286. The molecule has 29 heavy (non-hydrogen) atoms. The van der Waals surface area contributed by atoms with E-state index >= 15 is 0 Å². The van der Waals surface area contributed by atoms with E-state index < -0.39 is 41.7 Å². The normalized spacial score (nSPS) is 14.5. The molecule has 0 atom stereocenters. The van der Waals surface area contributed by atoms with Crippen molar-refractivity contribution in [2.45, 2.75) is 12.8 Å². The van der Waals surface area contributed by atoms with Crippen molar-refractivity contribution in [2.75, 3.05) is 19.7 Å². The molecule has 1 saturated heterocycles. The van der Waals surface area contributed by atoms with Gasteiger partial charge in [0.05, 0.1) is 5.92 Å². The number of ether oxygens (including phenoxy) is 1. The molecule has 0 bridgehead atoms. The van der Waals surface area contributed by atoms with E-state index in [-0.39, 0.29) is 11.5 Å². The van der Waals surface area contributed by atoms with Crippen molar-refractivity contribution in [3.8, 4) is 0 Å². The van der Waals surface area contributed by atoms with Crippen LogP contribution in [0.25, 0.3) is 0 Å². The first-order chi connectivity index (χ1) is 13.8. The Labute approximate surface area is 165 Å². The standard InChI is InChI=1S/C21H18F3NO4/c22-16-4-1-13(2-5-16)20(27)25-9-7-14(8-10-25)21(28)29-12-19(26)15-3-6-17(23)18(24)11-15/h1-6,11,14H,7-10,12H2. The minimum absolute atomic E-state index is 0.0867. The van der Waals surface area contributed by atoms with Gasteiger partial charge < -0.3 is 9.64 Å². The first-order valence-corrected chi connectivity index (χ1v) is 9.05. The predicted molar refractivity (Wildman–Crippen MR) is 96.7 cm³/mol. The fourth-order valence-corrected chi connectivity index (χ4v) is 3.10. The molecule has 152 valence electrons. The second kappa shape index (κ2) is 8.89. The third-order valence-corrected chi connectivity index (χ3v) is 4.79. The van der Waals surface area contributed by atoms with Gasteiger partial charge >= 0.3 is 5.97 Å². The summed E-state index contributed by atoms with van der Waals surface area (Å²) in [5.41, 5.74) is 0.279. The highest BCUT2D eigenvalue weighted by Crippen LogP contribution is 2.21. The number of carbonyl (C=O) groups is 3. The molecule has 1 amide bonds. The number of ketones is 1. The summed E-state index contributed by atoms with van der Waals surface area (Å²) in [5, 5.41) is 0. The van der Waals surface area contributed by atoms with E-state index in [0.29, 0.717) is 31.5 Å². The molecule has 0 aromatic heterocycles. The van der Waals surface area contributed by atoms with Crippen molar-refractivity contribution in [1.29, 1.82) is 0 Å². The lowest BCUT2D eigenvalue weighted by Crippen LogP contribution is -2.40. The van der Waals surface area contributed by atoms with Gasteiger partial charge in [0.2, 0.25) is 0 Å². The van der Waals surface area contributed by atoms with Gasteiger partial charge in [0.15, 0.2) is 24.0 Å². The van der Waals surface area contributed by atoms with Gasteiger partial charge in [-0.1, -0.05) is 0 Å². The average molecular weight is 405 g/mol. The molecule has 0 unspecified atom stereocenters. The minimum atomic E-state index is -1.15. The lowest BCUT2D eigenvalue weighted by atomic mass is 9.96. The van der Waals surface area contributed by atoms with Gasteiger partial charge in [-0.3, -0.25) is 14.4 Å². The van der Waals surface area contributed by atoms with E-state index in [1.54, 1.807) is 4.90 Å². The Balaban J connectivity index is 1.48. The zero-order valence-corrected chi connectivity index (χ0v) is 15.4. The van der Waals surface area contributed by atoms with Crippen molar-refractivity contribution >= 4 is 17.7 Å². The van der Waals surface area contributed by atoms with Crippen molar-refractivity contribution in [3.05, 3.63) is 71.0 Å². The molecule has 1 heterocycles. The summed E-state index contributed by atoms with van der Waals surface area (Å²) in [6.45, 7) is 0.0822. The second-order valence-corrected chi connectivity index (χ2v) is 6.73. The largest absolute Gasteiger partial charge is 0.457 e. The first-order valence-electron chi connectivity index (χ1n) is 9.05. The highest BCUT2D eigenvalue weighted by atomic mass is 19.2. The van der Waals surface area contributed by atoms with Gasteiger partial charge in [0, 0.05) is 24.2 Å². The van der Waals surface area contributed by atoms with E-state index in [0.717, 1.165) is 18.2 Å². The minimum Gasteiger partial charge on any atom is -0.457 e. The molecule has 5 nitrogen and oxygen atoms in total. The van der Waals surface area contributed by atoms with Crippen LogP contribution in [0.15, 0.2) is 42.5 Å². The van der Waals surface area contributed by atoms with Crippen molar-refractivity contribution in [2.24, 2.45) is 5.92 Å². The molecular formula is C21H18F3NO4. The molecule has 1 aliphatic heterocycles. The van der Waals surface area contributed by atoms with E-state index in [1.807, 2.05) is 0 Å². The molecule has 0 spiro atoms. The highest BCUT2D eigenvalue weighted by Gasteiger charge is 2.29. The number of hydrogen-bond acceptors (Lipinski definition) is 4. The third-order valence-electron chi connectivity index (χ3n) is 4.79. The highest BCUT2D eigenvalue weighted by molar-refractivity contribution is 5.98. The molecule has 1 fully saturated rings. The Hall–Kier alpha value is -3.16. The number of amides is 1. The van der Waals surface area contributed by atoms with Gasteiger partial charge in [-0.15, -0.1) is 0 Å². The molecule has 1 aliphatic rings. The molecule has 0 saturated carbocycles. The lowest BCUT2D eigenvalue weighted by molar-refractivity contribution is -0.148. The van der Waals surface area contributed by atoms with E-state index in [1.165, 1.54) is 24.3 Å². The Kier molecular flexibility index (Phi) is 6.31. The number of nitrogens with zero attached hydrogens (tertiary/aromatic N) is 1. The van der Waals surface area contributed by atoms with E-state index in [2.05, 4.69) is 0 Å². The zero-order chi connectivity index (χ0) is 21.0. The Morgan fingerprint density at radius 2 is 1.52 bits per heavy atom. The number of benzene rings is 2. The van der Waals surface area contributed by atoms with Gasteiger partial charge in [-0.25, -0.2) is 13.2 Å².